The number of pyridine rings is 1. The molecule has 4 aromatic rings. The fraction of sp³-hybridized carbons (Fsp3) is 0.160. The number of carbonyl (C=O) groups is 1. The predicted octanol–water partition coefficient (Wildman–Crippen LogP) is 3.39. The van der Waals surface area contributed by atoms with Gasteiger partial charge in [-0.2, -0.15) is 5.10 Å². The standard InChI is InChI=1S/C25H23N5O2/c26-15-17-2-1-3-18(14-17)16-32-21-6-4-19(5-7-21)22-23(20-8-10-27-11-9-20)29-30-13-12-28-25(31)24(22)30/h1-11,14H,12-13,15-16,26H2,(H,28,31). The van der Waals surface area contributed by atoms with Crippen molar-refractivity contribution in [3.8, 4) is 28.1 Å². The first-order valence-corrected chi connectivity index (χ1v) is 10.5. The Morgan fingerprint density at radius 1 is 1.00 bits per heavy atom. The van der Waals surface area contributed by atoms with Crippen LogP contribution in [0.15, 0.2) is 73.1 Å². The molecule has 7 nitrogen and oxygen atoms in total. The molecule has 5 rings (SSSR count). The lowest BCUT2D eigenvalue weighted by Crippen LogP contribution is -2.35. The summed E-state index contributed by atoms with van der Waals surface area (Å²) in [5.41, 5.74) is 11.9. The molecule has 1 aliphatic rings. The Balaban J connectivity index is 1.46. The van der Waals surface area contributed by atoms with E-state index >= 15 is 0 Å². The van der Waals surface area contributed by atoms with E-state index in [1.54, 1.807) is 17.1 Å². The zero-order valence-electron chi connectivity index (χ0n) is 17.5. The third kappa shape index (κ3) is 3.86. The summed E-state index contributed by atoms with van der Waals surface area (Å²) in [5.74, 6) is 0.641. The van der Waals surface area contributed by atoms with Gasteiger partial charge in [-0.15, -0.1) is 0 Å². The molecule has 0 unspecified atom stereocenters. The summed E-state index contributed by atoms with van der Waals surface area (Å²) in [6.07, 6.45) is 3.46. The molecule has 0 aliphatic carbocycles. The molecule has 0 bridgehead atoms. The number of hydrogen-bond acceptors (Lipinski definition) is 5. The second-order valence-electron chi connectivity index (χ2n) is 7.62. The van der Waals surface area contributed by atoms with Crippen LogP contribution < -0.4 is 15.8 Å². The topological polar surface area (TPSA) is 95.1 Å². The van der Waals surface area contributed by atoms with Gasteiger partial charge in [0.2, 0.25) is 0 Å². The number of nitrogens with two attached hydrogens (primary N) is 1. The molecule has 1 aliphatic heterocycles. The summed E-state index contributed by atoms with van der Waals surface area (Å²) < 4.78 is 7.75. The van der Waals surface area contributed by atoms with Crippen LogP contribution in [0.4, 0.5) is 0 Å². The van der Waals surface area contributed by atoms with Crippen LogP contribution in [-0.4, -0.2) is 27.2 Å². The van der Waals surface area contributed by atoms with Crippen molar-refractivity contribution >= 4 is 5.91 Å². The van der Waals surface area contributed by atoms with Gasteiger partial charge in [0.15, 0.2) is 0 Å². The number of carbonyl (C=O) groups excluding carboxylic acids is 1. The predicted molar refractivity (Wildman–Crippen MR) is 122 cm³/mol. The van der Waals surface area contributed by atoms with Gasteiger partial charge in [-0.3, -0.25) is 14.5 Å². The maximum atomic E-state index is 12.7. The van der Waals surface area contributed by atoms with Crippen LogP contribution in [0.2, 0.25) is 0 Å². The number of rotatable bonds is 6. The molecular weight excluding hydrogens is 402 g/mol. The lowest BCUT2D eigenvalue weighted by molar-refractivity contribution is 0.0925. The molecule has 3 N–H and O–H groups in total. The summed E-state index contributed by atoms with van der Waals surface area (Å²) >= 11 is 0. The van der Waals surface area contributed by atoms with Crippen LogP contribution >= 0.6 is 0 Å². The summed E-state index contributed by atoms with van der Waals surface area (Å²) in [6.45, 7) is 2.18. The van der Waals surface area contributed by atoms with Gasteiger partial charge in [0.1, 0.15) is 23.7 Å². The fourth-order valence-corrected chi connectivity index (χ4v) is 3.93. The Labute approximate surface area is 185 Å². The van der Waals surface area contributed by atoms with Crippen molar-refractivity contribution in [3.63, 3.8) is 0 Å². The van der Waals surface area contributed by atoms with Gasteiger partial charge in [0, 0.05) is 36.6 Å². The number of ether oxygens (including phenoxy) is 1. The second-order valence-corrected chi connectivity index (χ2v) is 7.62. The summed E-state index contributed by atoms with van der Waals surface area (Å²) in [4.78, 5) is 16.8. The average Bonchev–Trinajstić information content (AvgIpc) is 3.25. The van der Waals surface area contributed by atoms with Crippen molar-refractivity contribution in [3.05, 3.63) is 89.9 Å². The third-order valence-electron chi connectivity index (χ3n) is 5.51. The van der Waals surface area contributed by atoms with Crippen LogP contribution in [0.25, 0.3) is 22.4 Å². The van der Waals surface area contributed by atoms with Gasteiger partial charge in [-0.25, -0.2) is 0 Å². The molecule has 2 aromatic heterocycles. The molecule has 0 radical (unpaired) electrons. The monoisotopic (exact) mass is 425 g/mol. The average molecular weight is 425 g/mol. The van der Waals surface area contributed by atoms with E-state index in [-0.39, 0.29) is 5.91 Å². The minimum Gasteiger partial charge on any atom is -0.489 e. The number of fused-ring (bicyclic) bond motifs is 1. The Bertz CT molecular complexity index is 1250. The highest BCUT2D eigenvalue weighted by Gasteiger charge is 2.27. The number of nitrogens with one attached hydrogen (secondary N) is 1. The highest BCUT2D eigenvalue weighted by Crippen LogP contribution is 2.36. The SMILES string of the molecule is NCc1cccc(COc2ccc(-c3c(-c4ccncc4)nn4c3C(=O)NCC4)cc2)c1. The van der Waals surface area contributed by atoms with Crippen molar-refractivity contribution in [1.82, 2.24) is 20.1 Å². The van der Waals surface area contributed by atoms with Gasteiger partial charge in [0.05, 0.1) is 6.54 Å². The van der Waals surface area contributed by atoms with E-state index in [1.807, 2.05) is 60.7 Å². The van der Waals surface area contributed by atoms with Crippen molar-refractivity contribution < 1.29 is 9.53 Å². The number of benzene rings is 2. The Kier molecular flexibility index (Phi) is 5.39. The third-order valence-corrected chi connectivity index (χ3v) is 5.51. The number of amides is 1. The normalized spacial score (nSPS) is 12.8. The van der Waals surface area contributed by atoms with Gasteiger partial charge in [0.25, 0.3) is 5.91 Å². The molecule has 32 heavy (non-hydrogen) atoms. The minimum absolute atomic E-state index is 0.112. The number of aromatic nitrogens is 3. The molecule has 7 heteroatoms. The molecule has 0 atom stereocenters. The van der Waals surface area contributed by atoms with Crippen LogP contribution in [0, 0.1) is 0 Å². The molecule has 1 amide bonds. The molecule has 0 saturated carbocycles. The van der Waals surface area contributed by atoms with Crippen LogP contribution in [-0.2, 0) is 19.7 Å². The van der Waals surface area contributed by atoms with E-state index in [0.717, 1.165) is 39.3 Å². The van der Waals surface area contributed by atoms with Gasteiger partial charge < -0.3 is 15.8 Å². The molecule has 0 saturated heterocycles. The van der Waals surface area contributed by atoms with E-state index in [0.29, 0.717) is 31.9 Å². The van der Waals surface area contributed by atoms with Crippen molar-refractivity contribution in [2.45, 2.75) is 19.7 Å². The second kappa shape index (κ2) is 8.64. The zero-order valence-corrected chi connectivity index (χ0v) is 17.5. The highest BCUT2D eigenvalue weighted by atomic mass is 16.5. The molecule has 160 valence electrons. The van der Waals surface area contributed by atoms with Crippen LogP contribution in [0.5, 0.6) is 5.75 Å². The quantitative estimate of drug-likeness (QED) is 0.494. The van der Waals surface area contributed by atoms with E-state index in [4.69, 9.17) is 15.6 Å². The first-order valence-electron chi connectivity index (χ1n) is 10.5. The summed E-state index contributed by atoms with van der Waals surface area (Å²) in [7, 11) is 0. The zero-order chi connectivity index (χ0) is 21.9. The highest BCUT2D eigenvalue weighted by molar-refractivity contribution is 6.03. The Morgan fingerprint density at radius 3 is 2.56 bits per heavy atom. The summed E-state index contributed by atoms with van der Waals surface area (Å²) in [6, 6.07) is 19.6. The van der Waals surface area contributed by atoms with Crippen molar-refractivity contribution in [1.29, 1.82) is 0 Å². The maximum Gasteiger partial charge on any atom is 0.270 e. The lowest BCUT2D eigenvalue weighted by atomic mass is 9.98. The van der Waals surface area contributed by atoms with Crippen molar-refractivity contribution in [2.24, 2.45) is 5.73 Å². The lowest BCUT2D eigenvalue weighted by Gasteiger charge is -2.15. The van der Waals surface area contributed by atoms with E-state index in [1.165, 1.54) is 0 Å². The van der Waals surface area contributed by atoms with Gasteiger partial charge in [-0.1, -0.05) is 36.4 Å². The number of hydrogen-bond donors (Lipinski definition) is 2. The van der Waals surface area contributed by atoms with Gasteiger partial charge >= 0.3 is 0 Å². The smallest absolute Gasteiger partial charge is 0.270 e. The molecular formula is C25H23N5O2. The van der Waals surface area contributed by atoms with E-state index in [2.05, 4.69) is 10.3 Å². The van der Waals surface area contributed by atoms with E-state index < -0.39 is 0 Å². The number of nitrogens with zero attached hydrogens (tertiary/aromatic N) is 3. The largest absolute Gasteiger partial charge is 0.489 e. The molecule has 2 aromatic carbocycles. The van der Waals surface area contributed by atoms with Gasteiger partial charge in [-0.05, 0) is 41.0 Å². The minimum atomic E-state index is -0.112. The molecule has 3 heterocycles. The Morgan fingerprint density at radius 2 is 1.78 bits per heavy atom. The van der Waals surface area contributed by atoms with Crippen LogP contribution in [0.3, 0.4) is 0 Å². The first-order chi connectivity index (χ1) is 15.7. The van der Waals surface area contributed by atoms with E-state index in [9.17, 15) is 4.79 Å². The maximum absolute atomic E-state index is 12.7. The molecule has 0 spiro atoms. The summed E-state index contributed by atoms with van der Waals surface area (Å²) in [5, 5.41) is 7.68. The van der Waals surface area contributed by atoms with Crippen LogP contribution in [0.1, 0.15) is 21.6 Å². The Hall–Kier alpha value is -3.97. The fourth-order valence-electron chi connectivity index (χ4n) is 3.93. The van der Waals surface area contributed by atoms with Crippen molar-refractivity contribution in [2.75, 3.05) is 6.54 Å². The first kappa shape index (κ1) is 20.0. The molecule has 0 fully saturated rings.